The quantitative estimate of drug-likeness (QED) is 0.683. The summed E-state index contributed by atoms with van der Waals surface area (Å²) >= 11 is 1.31. The number of carbonyl (C=O) groups is 1. The first kappa shape index (κ1) is 11.6. The van der Waals surface area contributed by atoms with E-state index in [1.807, 2.05) is 18.2 Å². The van der Waals surface area contributed by atoms with E-state index < -0.39 is 5.92 Å². The first-order chi connectivity index (χ1) is 9.29. The van der Waals surface area contributed by atoms with E-state index in [1.165, 1.54) is 11.3 Å². The second kappa shape index (κ2) is 4.67. The average molecular weight is 268 g/mol. The van der Waals surface area contributed by atoms with Gasteiger partial charge in [0.2, 0.25) is 5.89 Å². The molecule has 0 fully saturated rings. The number of fused-ring (bicyclic) bond motifs is 1. The molecule has 0 spiro atoms. The zero-order chi connectivity index (χ0) is 13.2. The number of oxazole rings is 1. The molecular weight excluding hydrogens is 260 g/mol. The summed E-state index contributed by atoms with van der Waals surface area (Å²) in [5.74, 6) is -1.11. The molecule has 1 atom stereocenters. The second-order valence-electron chi connectivity index (χ2n) is 3.92. The van der Waals surface area contributed by atoms with Crippen molar-refractivity contribution in [3.63, 3.8) is 0 Å². The molecule has 3 aromatic rings. The lowest BCUT2D eigenvalue weighted by Gasteiger charge is -2.00. The summed E-state index contributed by atoms with van der Waals surface area (Å²) in [6, 6.07) is 12.6. The van der Waals surface area contributed by atoms with Crippen LogP contribution in [0.5, 0.6) is 0 Å². The van der Waals surface area contributed by atoms with Crippen molar-refractivity contribution < 1.29 is 9.21 Å². The number of nitrogens with zero attached hydrogens (tertiary/aromatic N) is 2. The Kier molecular flexibility index (Phi) is 2.86. The van der Waals surface area contributed by atoms with Gasteiger partial charge in [0.05, 0.1) is 10.9 Å². The lowest BCUT2D eigenvalue weighted by atomic mass is 10.1. The summed E-state index contributed by atoms with van der Waals surface area (Å²) in [6.45, 7) is 0. The number of Topliss-reactive ketones (excluding diaryl/α,β-unsaturated/α-hetero) is 1. The topological polar surface area (TPSA) is 66.9 Å². The Balaban J connectivity index is 2.03. The van der Waals surface area contributed by atoms with Gasteiger partial charge in [0, 0.05) is 0 Å². The van der Waals surface area contributed by atoms with Crippen LogP contribution < -0.4 is 0 Å². The van der Waals surface area contributed by atoms with Gasteiger partial charge in [0.1, 0.15) is 5.52 Å². The zero-order valence-corrected chi connectivity index (χ0v) is 10.6. The van der Waals surface area contributed by atoms with Gasteiger partial charge in [-0.15, -0.1) is 11.3 Å². The molecule has 0 amide bonds. The van der Waals surface area contributed by atoms with Crippen LogP contribution in [0, 0.1) is 11.3 Å². The fourth-order valence-corrected chi connectivity index (χ4v) is 2.50. The fourth-order valence-electron chi connectivity index (χ4n) is 1.80. The van der Waals surface area contributed by atoms with Crippen LogP contribution in [0.4, 0.5) is 0 Å². The molecular formula is C14H8N2O2S. The molecule has 19 heavy (non-hydrogen) atoms. The number of aromatic nitrogens is 1. The van der Waals surface area contributed by atoms with Gasteiger partial charge in [0.25, 0.3) is 0 Å². The van der Waals surface area contributed by atoms with Gasteiger partial charge in [0.15, 0.2) is 17.3 Å². The van der Waals surface area contributed by atoms with Crippen molar-refractivity contribution in [3.05, 3.63) is 52.5 Å². The predicted octanol–water partition coefficient (Wildman–Crippen LogP) is 3.38. The summed E-state index contributed by atoms with van der Waals surface area (Å²) in [5, 5.41) is 11.0. The predicted molar refractivity (Wildman–Crippen MR) is 71.0 cm³/mol. The molecule has 1 aromatic carbocycles. The first-order valence-corrected chi connectivity index (χ1v) is 6.50. The number of nitriles is 1. The normalized spacial score (nSPS) is 12.2. The molecule has 2 heterocycles. The Morgan fingerprint density at radius 2 is 2.16 bits per heavy atom. The Labute approximate surface area is 112 Å². The van der Waals surface area contributed by atoms with E-state index in [9.17, 15) is 10.1 Å². The van der Waals surface area contributed by atoms with E-state index in [0.717, 1.165) is 0 Å². The maximum absolute atomic E-state index is 12.2. The second-order valence-corrected chi connectivity index (χ2v) is 4.87. The van der Waals surface area contributed by atoms with Crippen LogP contribution in [0.25, 0.3) is 11.1 Å². The number of hydrogen-bond donors (Lipinski definition) is 0. The van der Waals surface area contributed by atoms with Crippen molar-refractivity contribution in [2.75, 3.05) is 0 Å². The number of para-hydroxylation sites is 2. The lowest BCUT2D eigenvalue weighted by molar-refractivity contribution is 0.0974. The summed E-state index contributed by atoms with van der Waals surface area (Å²) in [5.41, 5.74) is 1.23. The zero-order valence-electron chi connectivity index (χ0n) is 9.74. The minimum Gasteiger partial charge on any atom is -0.439 e. The number of rotatable bonds is 3. The molecule has 3 rings (SSSR count). The van der Waals surface area contributed by atoms with Gasteiger partial charge in [-0.2, -0.15) is 5.26 Å². The minimum absolute atomic E-state index is 0.155. The standard InChI is InChI=1S/C14H8N2O2S/c15-8-9(13(17)12-6-3-7-19-12)14-16-10-4-1-2-5-11(10)18-14/h1-7,9H/t9-/m0/s1. The maximum Gasteiger partial charge on any atom is 0.220 e. The molecule has 0 aliphatic carbocycles. The molecule has 4 nitrogen and oxygen atoms in total. The van der Waals surface area contributed by atoms with Gasteiger partial charge < -0.3 is 4.42 Å². The Morgan fingerprint density at radius 3 is 2.84 bits per heavy atom. The summed E-state index contributed by atoms with van der Waals surface area (Å²) < 4.78 is 5.49. The van der Waals surface area contributed by atoms with Crippen LogP contribution in [0.15, 0.2) is 46.2 Å². The maximum atomic E-state index is 12.2. The molecule has 2 aromatic heterocycles. The van der Waals surface area contributed by atoms with Crippen LogP contribution in [0.2, 0.25) is 0 Å². The van der Waals surface area contributed by atoms with E-state index in [2.05, 4.69) is 4.98 Å². The van der Waals surface area contributed by atoms with Gasteiger partial charge in [-0.3, -0.25) is 4.79 Å². The first-order valence-electron chi connectivity index (χ1n) is 5.62. The van der Waals surface area contributed by atoms with Crippen molar-refractivity contribution in [2.45, 2.75) is 5.92 Å². The van der Waals surface area contributed by atoms with E-state index in [0.29, 0.717) is 16.0 Å². The van der Waals surface area contributed by atoms with E-state index in [-0.39, 0.29) is 11.7 Å². The van der Waals surface area contributed by atoms with Crippen LogP contribution in [0.1, 0.15) is 21.5 Å². The molecule has 92 valence electrons. The molecule has 0 unspecified atom stereocenters. The molecule has 0 saturated heterocycles. The van der Waals surface area contributed by atoms with Crippen LogP contribution >= 0.6 is 11.3 Å². The van der Waals surface area contributed by atoms with Crippen LogP contribution in [-0.2, 0) is 0 Å². The highest BCUT2D eigenvalue weighted by Crippen LogP contribution is 2.25. The Hall–Kier alpha value is -2.45. The van der Waals surface area contributed by atoms with Gasteiger partial charge in [-0.1, -0.05) is 18.2 Å². The van der Waals surface area contributed by atoms with Gasteiger partial charge in [-0.25, -0.2) is 4.98 Å². The van der Waals surface area contributed by atoms with E-state index in [1.54, 1.807) is 29.6 Å². The Morgan fingerprint density at radius 1 is 1.32 bits per heavy atom. The van der Waals surface area contributed by atoms with Crippen LogP contribution in [0.3, 0.4) is 0 Å². The highest BCUT2D eigenvalue weighted by Gasteiger charge is 2.27. The molecule has 0 aliphatic heterocycles. The van der Waals surface area contributed by atoms with Crippen molar-refractivity contribution in [1.29, 1.82) is 5.26 Å². The summed E-state index contributed by atoms with van der Waals surface area (Å²) in [4.78, 5) is 16.9. The molecule has 0 radical (unpaired) electrons. The van der Waals surface area contributed by atoms with Crippen molar-refractivity contribution in [3.8, 4) is 6.07 Å². The van der Waals surface area contributed by atoms with Gasteiger partial charge >= 0.3 is 0 Å². The molecule has 5 heteroatoms. The van der Waals surface area contributed by atoms with Crippen molar-refractivity contribution in [1.82, 2.24) is 4.98 Å². The van der Waals surface area contributed by atoms with Crippen molar-refractivity contribution >= 4 is 28.2 Å². The smallest absolute Gasteiger partial charge is 0.220 e. The number of thiophene rings is 1. The van der Waals surface area contributed by atoms with Gasteiger partial charge in [-0.05, 0) is 23.6 Å². The SMILES string of the molecule is N#C[C@@H](C(=O)c1cccs1)c1nc2ccccc2o1. The fraction of sp³-hybridized carbons (Fsp3) is 0.0714. The molecule has 0 saturated carbocycles. The average Bonchev–Trinajstić information content (AvgIpc) is 3.08. The number of hydrogen-bond acceptors (Lipinski definition) is 5. The molecule has 0 bridgehead atoms. The van der Waals surface area contributed by atoms with E-state index in [4.69, 9.17) is 4.42 Å². The van der Waals surface area contributed by atoms with Crippen molar-refractivity contribution in [2.24, 2.45) is 0 Å². The largest absolute Gasteiger partial charge is 0.439 e. The number of ketones is 1. The highest BCUT2D eigenvalue weighted by molar-refractivity contribution is 7.12. The number of carbonyl (C=O) groups excluding carboxylic acids is 1. The lowest BCUT2D eigenvalue weighted by Crippen LogP contribution is -2.10. The summed E-state index contributed by atoms with van der Waals surface area (Å²) in [6.07, 6.45) is 0. The summed E-state index contributed by atoms with van der Waals surface area (Å²) in [7, 11) is 0. The monoisotopic (exact) mass is 268 g/mol. The molecule has 0 aliphatic rings. The van der Waals surface area contributed by atoms with E-state index >= 15 is 0 Å². The third-order valence-corrected chi connectivity index (χ3v) is 3.60. The molecule has 0 N–H and O–H groups in total. The third kappa shape index (κ3) is 2.02. The van der Waals surface area contributed by atoms with Crippen LogP contribution in [-0.4, -0.2) is 10.8 Å². The highest BCUT2D eigenvalue weighted by atomic mass is 32.1. The Bertz CT molecular complexity index is 735. The third-order valence-electron chi connectivity index (χ3n) is 2.71. The number of benzene rings is 1. The minimum atomic E-state index is -0.994.